The molecule has 0 saturated heterocycles. The molecule has 1 fully saturated rings. The summed E-state index contributed by atoms with van der Waals surface area (Å²) < 4.78 is 0. The highest BCUT2D eigenvalue weighted by molar-refractivity contribution is 7.00. The van der Waals surface area contributed by atoms with E-state index < -0.39 is 0 Å². The van der Waals surface area contributed by atoms with E-state index >= 15 is 0 Å². The quantitative estimate of drug-likeness (QED) is 0.159. The predicted molar refractivity (Wildman–Crippen MR) is 308 cm³/mol. The standard InChI is InChI=1S/C68H68BN3/c1-43-34-61-63-62(35-43)71(57-30-27-49(65(5,6)7)39-52(57)45-22-16-13-17-23-45)60-37-47-42-66(8,9)41-46(47)36-54(60)69(63)55-40-50(72-58-25-19-18-24-53(58)67(10)32-33-68(67,72)11)28-31-59(55)70(61)56-29-26-48(64(2,3)4)38-51(56)44-20-14-12-15-21-44/h12-31,34-40H,32-33,41-42H2,1-11H3. The highest BCUT2D eigenvalue weighted by Crippen LogP contribution is 2.65. The summed E-state index contributed by atoms with van der Waals surface area (Å²) in [5.74, 6) is 0. The molecule has 0 radical (unpaired) electrons. The van der Waals surface area contributed by atoms with Crippen LogP contribution in [-0.2, 0) is 29.1 Å². The van der Waals surface area contributed by atoms with Crippen molar-refractivity contribution in [3.8, 4) is 22.3 Å². The molecule has 2 unspecified atom stereocenters. The Hall–Kier alpha value is -6.78. The van der Waals surface area contributed by atoms with Crippen LogP contribution in [0, 0.1) is 12.3 Å². The largest absolute Gasteiger partial charge is 0.334 e. The summed E-state index contributed by atoms with van der Waals surface area (Å²) >= 11 is 0. The normalized spacial score (nSPS) is 20.0. The van der Waals surface area contributed by atoms with Gasteiger partial charge in [-0.3, -0.25) is 0 Å². The van der Waals surface area contributed by atoms with Crippen molar-refractivity contribution in [3.63, 3.8) is 0 Å². The molecule has 3 heterocycles. The van der Waals surface area contributed by atoms with Gasteiger partial charge in [0.1, 0.15) is 0 Å². The number of hydrogen-bond acceptors (Lipinski definition) is 3. The fourth-order valence-electron chi connectivity index (χ4n) is 13.9. The Bertz CT molecular complexity index is 3540. The molecule has 3 nitrogen and oxygen atoms in total. The smallest absolute Gasteiger partial charge is 0.252 e. The van der Waals surface area contributed by atoms with E-state index in [-0.39, 0.29) is 33.9 Å². The number of rotatable bonds is 5. The summed E-state index contributed by atoms with van der Waals surface area (Å²) in [5.41, 5.74) is 27.8. The molecule has 4 heteroatoms. The summed E-state index contributed by atoms with van der Waals surface area (Å²) in [6.45, 7) is 26.3. The van der Waals surface area contributed by atoms with E-state index in [1.54, 1.807) is 0 Å². The van der Waals surface area contributed by atoms with Crippen LogP contribution in [0.4, 0.5) is 45.5 Å². The fourth-order valence-corrected chi connectivity index (χ4v) is 13.9. The van der Waals surface area contributed by atoms with Crippen molar-refractivity contribution in [1.82, 2.24) is 0 Å². The van der Waals surface area contributed by atoms with Gasteiger partial charge in [-0.2, -0.15) is 0 Å². The first kappa shape index (κ1) is 45.1. The zero-order valence-corrected chi connectivity index (χ0v) is 44.3. The van der Waals surface area contributed by atoms with Crippen LogP contribution in [0.3, 0.4) is 0 Å². The van der Waals surface area contributed by atoms with Crippen molar-refractivity contribution < 1.29 is 0 Å². The number of para-hydroxylation sites is 1. The van der Waals surface area contributed by atoms with E-state index in [0.717, 1.165) is 19.3 Å². The minimum Gasteiger partial charge on any atom is -0.334 e. The first-order valence-corrected chi connectivity index (χ1v) is 26.7. The van der Waals surface area contributed by atoms with E-state index in [9.17, 15) is 0 Å². The van der Waals surface area contributed by atoms with Gasteiger partial charge >= 0.3 is 0 Å². The molecular formula is C68H68BN3. The van der Waals surface area contributed by atoms with Crippen molar-refractivity contribution in [2.24, 2.45) is 5.41 Å². The van der Waals surface area contributed by atoms with Crippen LogP contribution < -0.4 is 31.1 Å². The maximum atomic E-state index is 2.74. The van der Waals surface area contributed by atoms with E-state index in [2.05, 4.69) is 255 Å². The lowest BCUT2D eigenvalue weighted by atomic mass is 9.33. The lowest BCUT2D eigenvalue weighted by molar-refractivity contribution is 0.133. The van der Waals surface area contributed by atoms with Gasteiger partial charge in [-0.05, 0) is 183 Å². The third kappa shape index (κ3) is 6.56. The zero-order valence-electron chi connectivity index (χ0n) is 44.3. The van der Waals surface area contributed by atoms with Gasteiger partial charge < -0.3 is 14.7 Å². The second-order valence-corrected chi connectivity index (χ2v) is 25.4. The summed E-state index contributed by atoms with van der Waals surface area (Å²) in [6.07, 6.45) is 4.51. The van der Waals surface area contributed by atoms with Crippen LogP contribution in [0.2, 0.25) is 0 Å². The van der Waals surface area contributed by atoms with Crippen molar-refractivity contribution in [2.75, 3.05) is 14.7 Å². The Kier molecular flexibility index (Phi) is 9.63. The highest BCUT2D eigenvalue weighted by atomic mass is 15.3. The van der Waals surface area contributed by atoms with E-state index in [4.69, 9.17) is 0 Å². The highest BCUT2D eigenvalue weighted by Gasteiger charge is 2.63. The van der Waals surface area contributed by atoms with Crippen molar-refractivity contribution in [1.29, 1.82) is 0 Å². The van der Waals surface area contributed by atoms with Crippen LogP contribution in [0.5, 0.6) is 0 Å². The lowest BCUT2D eigenvalue weighted by Gasteiger charge is -2.56. The minimum atomic E-state index is -0.0272. The molecule has 1 saturated carbocycles. The molecule has 8 aromatic carbocycles. The van der Waals surface area contributed by atoms with E-state index in [1.165, 1.54) is 124 Å². The number of anilines is 8. The summed E-state index contributed by atoms with van der Waals surface area (Å²) in [7, 11) is 0. The molecule has 2 atom stereocenters. The minimum absolute atomic E-state index is 0.0106. The molecule has 3 aliphatic heterocycles. The summed E-state index contributed by atoms with van der Waals surface area (Å²) in [6, 6.07) is 63.9. The molecule has 5 aliphatic rings. The van der Waals surface area contributed by atoms with Gasteiger partial charge in [-0.15, -0.1) is 0 Å². The molecule has 0 N–H and O–H groups in total. The molecule has 2 aliphatic carbocycles. The second-order valence-electron chi connectivity index (χ2n) is 25.4. The predicted octanol–water partition coefficient (Wildman–Crippen LogP) is 16.1. The first-order valence-electron chi connectivity index (χ1n) is 26.7. The average Bonchev–Trinajstić information content (AvgIpc) is 3.73. The maximum absolute atomic E-state index is 2.74. The van der Waals surface area contributed by atoms with Gasteiger partial charge in [0.05, 0.1) is 16.9 Å². The van der Waals surface area contributed by atoms with Crippen molar-refractivity contribution >= 4 is 68.6 Å². The third-order valence-electron chi connectivity index (χ3n) is 18.0. The molecule has 0 aromatic heterocycles. The second kappa shape index (κ2) is 15.4. The molecule has 0 spiro atoms. The van der Waals surface area contributed by atoms with Crippen LogP contribution in [0.15, 0.2) is 164 Å². The average molecular weight is 938 g/mol. The SMILES string of the molecule is Cc1cc2c3c(c1)N(c1ccc(C(C)(C)C)cc1-c1ccccc1)c1cc4c(cc1B3c1cc(N3c5ccccc5C5(C)CCC35C)ccc1N2c1ccc(C(C)(C)C)cc1-c1ccccc1)CC(C)(C)C4. The Morgan fingerprint density at radius 1 is 0.458 bits per heavy atom. The first-order chi connectivity index (χ1) is 34.3. The van der Waals surface area contributed by atoms with Crippen LogP contribution >= 0.6 is 0 Å². The Morgan fingerprint density at radius 3 is 1.53 bits per heavy atom. The topological polar surface area (TPSA) is 9.72 Å². The molecular weight excluding hydrogens is 870 g/mol. The van der Waals surface area contributed by atoms with Crippen LogP contribution in [-0.4, -0.2) is 12.3 Å². The van der Waals surface area contributed by atoms with Gasteiger partial charge in [0, 0.05) is 50.7 Å². The van der Waals surface area contributed by atoms with E-state index in [1.807, 2.05) is 0 Å². The third-order valence-corrected chi connectivity index (χ3v) is 18.0. The summed E-state index contributed by atoms with van der Waals surface area (Å²) in [4.78, 5) is 8.08. The van der Waals surface area contributed by atoms with Crippen molar-refractivity contribution in [2.45, 2.75) is 124 Å². The number of nitrogens with zero attached hydrogens (tertiary/aromatic N) is 3. The van der Waals surface area contributed by atoms with Gasteiger partial charge in [0.15, 0.2) is 0 Å². The Labute approximate surface area is 429 Å². The number of hydrogen-bond donors (Lipinski definition) is 0. The number of aryl methyl sites for hydroxylation is 1. The maximum Gasteiger partial charge on any atom is 0.252 e. The number of benzene rings is 8. The number of fused-ring (bicyclic) bond motifs is 8. The lowest BCUT2D eigenvalue weighted by Crippen LogP contribution is -2.62. The van der Waals surface area contributed by atoms with Gasteiger partial charge in [-0.1, -0.05) is 159 Å². The molecule has 8 aromatic rings. The van der Waals surface area contributed by atoms with Crippen LogP contribution in [0.25, 0.3) is 22.3 Å². The summed E-state index contributed by atoms with van der Waals surface area (Å²) in [5, 5.41) is 0. The monoisotopic (exact) mass is 938 g/mol. The fraction of sp³-hybridized carbons (Fsp3) is 0.294. The van der Waals surface area contributed by atoms with Crippen molar-refractivity contribution in [3.05, 3.63) is 197 Å². The van der Waals surface area contributed by atoms with Crippen LogP contribution in [0.1, 0.15) is 115 Å². The van der Waals surface area contributed by atoms with Gasteiger partial charge in [-0.25, -0.2) is 0 Å². The Balaban J connectivity index is 1.14. The molecule has 358 valence electrons. The van der Waals surface area contributed by atoms with Gasteiger partial charge in [0.2, 0.25) is 0 Å². The Morgan fingerprint density at radius 2 is 0.972 bits per heavy atom. The molecule has 13 rings (SSSR count). The molecule has 0 amide bonds. The van der Waals surface area contributed by atoms with E-state index in [0.29, 0.717) is 0 Å². The van der Waals surface area contributed by atoms with Gasteiger partial charge in [0.25, 0.3) is 6.71 Å². The molecule has 0 bridgehead atoms. The molecule has 72 heavy (non-hydrogen) atoms. The zero-order chi connectivity index (χ0) is 49.9.